The molecule has 0 fully saturated rings. The number of hydrogen-bond donors (Lipinski definition) is 3. The summed E-state index contributed by atoms with van der Waals surface area (Å²) in [4.78, 5) is 10.7. The van der Waals surface area contributed by atoms with Crippen LogP contribution in [0.25, 0.3) is 0 Å². The van der Waals surface area contributed by atoms with Crippen LogP contribution in [0.2, 0.25) is 0 Å². The minimum atomic E-state index is -0.937. The fraction of sp³-hybridized carbons (Fsp3) is 0.300. The summed E-state index contributed by atoms with van der Waals surface area (Å²) in [7, 11) is 0. The van der Waals surface area contributed by atoms with Gasteiger partial charge in [0.25, 0.3) is 0 Å². The number of anilines is 1. The lowest BCUT2D eigenvalue weighted by atomic mass is 10.2. The predicted molar refractivity (Wildman–Crippen MR) is 55.3 cm³/mol. The van der Waals surface area contributed by atoms with Gasteiger partial charge in [0.05, 0.1) is 0 Å². The summed E-state index contributed by atoms with van der Waals surface area (Å²) in [6.07, 6.45) is 0. The molecule has 0 aliphatic carbocycles. The van der Waals surface area contributed by atoms with Gasteiger partial charge in [-0.15, -0.1) is 0 Å². The molecule has 4 nitrogen and oxygen atoms in total. The molecule has 0 bridgehead atoms. The first kappa shape index (κ1) is 10.5. The number of carboxylic acid groups (broad SMARTS) is 1. The molecule has 0 aromatic heterocycles. The van der Waals surface area contributed by atoms with Crippen molar-refractivity contribution in [3.05, 3.63) is 29.8 Å². The van der Waals surface area contributed by atoms with Gasteiger partial charge in [0, 0.05) is 12.2 Å². The molecule has 4 heteroatoms. The molecule has 0 aliphatic heterocycles. The average molecular weight is 194 g/mol. The van der Waals surface area contributed by atoms with Crippen molar-refractivity contribution < 1.29 is 9.90 Å². The smallest absolute Gasteiger partial charge is 0.327 e. The van der Waals surface area contributed by atoms with Crippen molar-refractivity contribution in [2.75, 3.05) is 11.9 Å². The number of carbonyl (C=O) groups is 1. The van der Waals surface area contributed by atoms with E-state index in [-0.39, 0.29) is 6.54 Å². The van der Waals surface area contributed by atoms with Crippen LogP contribution >= 0.6 is 0 Å². The molecular formula is C10H14N2O2. The van der Waals surface area contributed by atoms with E-state index in [0.29, 0.717) is 0 Å². The quantitative estimate of drug-likeness (QED) is 0.663. The second-order valence-electron chi connectivity index (χ2n) is 3.14. The van der Waals surface area contributed by atoms with Gasteiger partial charge in [-0.2, -0.15) is 0 Å². The van der Waals surface area contributed by atoms with E-state index >= 15 is 0 Å². The Morgan fingerprint density at radius 3 is 2.50 bits per heavy atom. The van der Waals surface area contributed by atoms with Crippen LogP contribution in [0.15, 0.2) is 24.3 Å². The van der Waals surface area contributed by atoms with E-state index in [1.165, 1.54) is 0 Å². The van der Waals surface area contributed by atoms with Crippen LogP contribution in [-0.4, -0.2) is 23.7 Å². The highest BCUT2D eigenvalue weighted by molar-refractivity contribution is 5.77. The van der Waals surface area contributed by atoms with Crippen molar-refractivity contribution >= 4 is 11.7 Å². The van der Waals surface area contributed by atoms with E-state index in [2.05, 4.69) is 5.32 Å². The monoisotopic (exact) mass is 194 g/mol. The highest BCUT2D eigenvalue weighted by Crippen LogP contribution is 2.09. The van der Waals surface area contributed by atoms with Crippen LogP contribution in [0.4, 0.5) is 5.69 Å². The van der Waals surface area contributed by atoms with Crippen LogP contribution < -0.4 is 11.1 Å². The molecule has 0 spiro atoms. The minimum Gasteiger partial charge on any atom is -0.480 e. The van der Waals surface area contributed by atoms with Gasteiger partial charge in [-0.1, -0.05) is 17.7 Å². The van der Waals surface area contributed by atoms with Gasteiger partial charge in [0.1, 0.15) is 6.04 Å². The Balaban J connectivity index is 2.67. The Morgan fingerprint density at radius 2 is 2.07 bits per heavy atom. The molecule has 1 rings (SSSR count). The lowest BCUT2D eigenvalue weighted by molar-refractivity contribution is -0.137. The van der Waals surface area contributed by atoms with Crippen molar-refractivity contribution in [2.45, 2.75) is 13.0 Å². The third-order valence-corrected chi connectivity index (χ3v) is 1.93. The first-order chi connectivity index (χ1) is 6.63. The zero-order chi connectivity index (χ0) is 10.6. The lowest BCUT2D eigenvalue weighted by Gasteiger charge is -2.13. The lowest BCUT2D eigenvalue weighted by Crippen LogP contribution is -2.36. The number of hydrogen-bond acceptors (Lipinski definition) is 3. The molecule has 4 N–H and O–H groups in total. The highest BCUT2D eigenvalue weighted by atomic mass is 16.4. The van der Waals surface area contributed by atoms with Crippen LogP contribution in [0.5, 0.6) is 0 Å². The Bertz CT molecular complexity index is 308. The first-order valence-corrected chi connectivity index (χ1v) is 4.39. The molecule has 0 radical (unpaired) electrons. The zero-order valence-corrected chi connectivity index (χ0v) is 8.03. The van der Waals surface area contributed by atoms with Crippen LogP contribution in [-0.2, 0) is 4.79 Å². The molecule has 1 atom stereocenters. The minimum absolute atomic E-state index is 0.0726. The molecule has 0 aliphatic rings. The van der Waals surface area contributed by atoms with Gasteiger partial charge in [-0.05, 0) is 19.1 Å². The number of carboxylic acids is 1. The number of aliphatic carboxylic acids is 1. The molecule has 1 aromatic carbocycles. The Kier molecular flexibility index (Phi) is 3.48. The van der Waals surface area contributed by atoms with Crippen LogP contribution in [0, 0.1) is 6.92 Å². The number of benzene rings is 1. The Morgan fingerprint density at radius 1 is 1.50 bits per heavy atom. The van der Waals surface area contributed by atoms with Crippen molar-refractivity contribution in [3.8, 4) is 0 Å². The number of nitrogens with one attached hydrogen (secondary N) is 1. The third-order valence-electron chi connectivity index (χ3n) is 1.93. The molecule has 0 amide bonds. The largest absolute Gasteiger partial charge is 0.480 e. The van der Waals surface area contributed by atoms with E-state index in [0.717, 1.165) is 11.3 Å². The normalized spacial score (nSPS) is 12.1. The molecule has 0 saturated carbocycles. The summed E-state index contributed by atoms with van der Waals surface area (Å²) >= 11 is 0. The van der Waals surface area contributed by atoms with Gasteiger partial charge < -0.3 is 16.2 Å². The van der Waals surface area contributed by atoms with Crippen LogP contribution in [0.3, 0.4) is 0 Å². The summed E-state index contributed by atoms with van der Waals surface area (Å²) < 4.78 is 0. The molecule has 1 aromatic rings. The summed E-state index contributed by atoms with van der Waals surface area (Å²) in [5, 5.41) is 11.6. The number of aryl methyl sites for hydroxylation is 1. The molecule has 0 heterocycles. The van der Waals surface area contributed by atoms with E-state index in [1.54, 1.807) is 0 Å². The standard InChI is InChI=1S/C10H14N2O2/c1-7-2-4-8(5-3-7)12-9(6-11)10(13)14/h2-5,9,12H,6,11H2,1H3,(H,13,14). The van der Waals surface area contributed by atoms with Crippen molar-refractivity contribution in [1.29, 1.82) is 0 Å². The summed E-state index contributed by atoms with van der Waals surface area (Å²) in [6.45, 7) is 2.05. The molecule has 0 saturated heterocycles. The Hall–Kier alpha value is -1.55. The highest BCUT2D eigenvalue weighted by Gasteiger charge is 2.13. The van der Waals surface area contributed by atoms with Crippen molar-refractivity contribution in [3.63, 3.8) is 0 Å². The van der Waals surface area contributed by atoms with Gasteiger partial charge in [0.15, 0.2) is 0 Å². The summed E-state index contributed by atoms with van der Waals surface area (Å²) in [5.74, 6) is -0.937. The fourth-order valence-electron chi connectivity index (χ4n) is 1.07. The van der Waals surface area contributed by atoms with Crippen molar-refractivity contribution in [1.82, 2.24) is 0 Å². The van der Waals surface area contributed by atoms with E-state index < -0.39 is 12.0 Å². The topological polar surface area (TPSA) is 75.3 Å². The number of rotatable bonds is 4. The van der Waals surface area contributed by atoms with Crippen LogP contribution in [0.1, 0.15) is 5.56 Å². The van der Waals surface area contributed by atoms with E-state index in [1.807, 2.05) is 31.2 Å². The first-order valence-electron chi connectivity index (χ1n) is 4.39. The van der Waals surface area contributed by atoms with Crippen molar-refractivity contribution in [2.24, 2.45) is 5.73 Å². The molecule has 76 valence electrons. The maximum absolute atomic E-state index is 10.7. The van der Waals surface area contributed by atoms with E-state index in [9.17, 15) is 4.79 Å². The second-order valence-corrected chi connectivity index (χ2v) is 3.14. The third kappa shape index (κ3) is 2.74. The van der Waals surface area contributed by atoms with Gasteiger partial charge in [-0.25, -0.2) is 4.79 Å². The average Bonchev–Trinajstić information content (AvgIpc) is 2.16. The summed E-state index contributed by atoms with van der Waals surface area (Å²) in [5.41, 5.74) is 7.21. The molecule has 1 unspecified atom stereocenters. The maximum atomic E-state index is 10.7. The predicted octanol–water partition coefficient (Wildman–Crippen LogP) is 0.819. The molecular weight excluding hydrogens is 180 g/mol. The Labute approximate surface area is 82.7 Å². The fourth-order valence-corrected chi connectivity index (χ4v) is 1.07. The zero-order valence-electron chi connectivity index (χ0n) is 8.03. The maximum Gasteiger partial charge on any atom is 0.327 e. The second kappa shape index (κ2) is 4.62. The molecule has 14 heavy (non-hydrogen) atoms. The van der Waals surface area contributed by atoms with Gasteiger partial charge >= 0.3 is 5.97 Å². The van der Waals surface area contributed by atoms with Gasteiger partial charge in [-0.3, -0.25) is 0 Å². The van der Waals surface area contributed by atoms with Gasteiger partial charge in [0.2, 0.25) is 0 Å². The van der Waals surface area contributed by atoms with E-state index in [4.69, 9.17) is 10.8 Å². The SMILES string of the molecule is Cc1ccc(NC(CN)C(=O)O)cc1. The number of nitrogens with two attached hydrogens (primary N) is 1. The summed E-state index contributed by atoms with van der Waals surface area (Å²) in [6, 6.07) is 6.77.